The summed E-state index contributed by atoms with van der Waals surface area (Å²) >= 11 is 0. The number of aromatic nitrogens is 2. The molecule has 1 N–H and O–H groups in total. The number of nitrogens with zero attached hydrogens (tertiary/aromatic N) is 2. The van der Waals surface area contributed by atoms with E-state index < -0.39 is 0 Å². The zero-order valence-corrected chi connectivity index (χ0v) is 12.5. The number of nitrogens with one attached hydrogen (secondary N) is 1. The minimum Gasteiger partial charge on any atom is -0.466 e. The van der Waals surface area contributed by atoms with E-state index >= 15 is 0 Å². The Bertz CT molecular complexity index is 733. The van der Waals surface area contributed by atoms with Gasteiger partial charge in [-0.3, -0.25) is 14.6 Å². The average molecular weight is 301 g/mol. The van der Waals surface area contributed by atoms with Crippen LogP contribution in [0.25, 0.3) is 10.9 Å². The topological polar surface area (TPSA) is 75.3 Å². The molecule has 6 nitrogen and oxygen atoms in total. The van der Waals surface area contributed by atoms with E-state index in [9.17, 15) is 9.59 Å². The number of anilines is 1. The number of H-pyrrole nitrogens is 1. The van der Waals surface area contributed by atoms with Gasteiger partial charge in [-0.25, -0.2) is 4.98 Å². The molecule has 22 heavy (non-hydrogen) atoms. The minimum absolute atomic E-state index is 0.0524. The molecule has 1 fully saturated rings. The third-order valence-electron chi connectivity index (χ3n) is 4.01. The van der Waals surface area contributed by atoms with Gasteiger partial charge in [-0.15, -0.1) is 0 Å². The van der Waals surface area contributed by atoms with Crippen molar-refractivity contribution in [3.63, 3.8) is 0 Å². The van der Waals surface area contributed by atoms with Crippen LogP contribution in [0.1, 0.15) is 19.8 Å². The number of carbonyl (C=O) groups is 1. The summed E-state index contributed by atoms with van der Waals surface area (Å²) in [6.07, 6.45) is 1.44. The Morgan fingerprint density at radius 2 is 2.09 bits per heavy atom. The lowest BCUT2D eigenvalue weighted by Crippen LogP contribution is -2.38. The van der Waals surface area contributed by atoms with Crippen LogP contribution in [0.15, 0.2) is 29.1 Å². The third kappa shape index (κ3) is 2.81. The molecule has 1 aromatic carbocycles. The van der Waals surface area contributed by atoms with Crippen LogP contribution in [0.4, 0.5) is 5.95 Å². The SMILES string of the molecule is CCOC(=O)C1CCN(c2nc3ccccc3c(=O)[nH]2)CC1. The Kier molecular flexibility index (Phi) is 4.09. The van der Waals surface area contributed by atoms with Crippen molar-refractivity contribution in [3.8, 4) is 0 Å². The summed E-state index contributed by atoms with van der Waals surface area (Å²) in [5.74, 6) is 0.400. The zero-order chi connectivity index (χ0) is 15.5. The van der Waals surface area contributed by atoms with Crippen LogP contribution in [-0.2, 0) is 9.53 Å². The smallest absolute Gasteiger partial charge is 0.309 e. The van der Waals surface area contributed by atoms with Crippen molar-refractivity contribution in [1.29, 1.82) is 0 Å². The summed E-state index contributed by atoms with van der Waals surface area (Å²) in [7, 11) is 0. The van der Waals surface area contributed by atoms with Gasteiger partial charge in [0.25, 0.3) is 5.56 Å². The molecule has 1 saturated heterocycles. The molecule has 0 aliphatic carbocycles. The Balaban J connectivity index is 1.76. The van der Waals surface area contributed by atoms with Gasteiger partial charge in [0.15, 0.2) is 0 Å². The summed E-state index contributed by atoms with van der Waals surface area (Å²) in [6.45, 7) is 3.60. The fraction of sp³-hybridized carbons (Fsp3) is 0.438. The first-order valence-corrected chi connectivity index (χ1v) is 7.59. The first-order chi connectivity index (χ1) is 10.7. The van der Waals surface area contributed by atoms with Gasteiger partial charge >= 0.3 is 5.97 Å². The van der Waals surface area contributed by atoms with Crippen LogP contribution >= 0.6 is 0 Å². The monoisotopic (exact) mass is 301 g/mol. The van der Waals surface area contributed by atoms with Crippen molar-refractivity contribution in [2.45, 2.75) is 19.8 Å². The summed E-state index contributed by atoms with van der Waals surface area (Å²) in [4.78, 5) is 33.2. The largest absolute Gasteiger partial charge is 0.466 e. The number of rotatable bonds is 3. The standard InChI is InChI=1S/C16H19N3O3/c1-2-22-15(21)11-7-9-19(10-8-11)16-17-13-6-4-3-5-12(13)14(20)18-16/h3-6,11H,2,7-10H2,1H3,(H,17,18,20). The number of hydrogen-bond acceptors (Lipinski definition) is 5. The van der Waals surface area contributed by atoms with E-state index in [-0.39, 0.29) is 17.4 Å². The predicted molar refractivity (Wildman–Crippen MR) is 83.9 cm³/mol. The van der Waals surface area contributed by atoms with Crippen molar-refractivity contribution in [3.05, 3.63) is 34.6 Å². The number of piperidine rings is 1. The Morgan fingerprint density at radius 3 is 2.82 bits per heavy atom. The minimum atomic E-state index is -0.131. The van der Waals surface area contributed by atoms with Crippen LogP contribution < -0.4 is 10.5 Å². The van der Waals surface area contributed by atoms with Gasteiger partial charge in [-0.2, -0.15) is 0 Å². The van der Waals surface area contributed by atoms with Crippen molar-refractivity contribution in [2.75, 3.05) is 24.6 Å². The second-order valence-corrected chi connectivity index (χ2v) is 5.42. The first kappa shape index (κ1) is 14.6. The number of esters is 1. The number of hydrogen-bond donors (Lipinski definition) is 1. The molecule has 2 aromatic rings. The molecule has 0 amide bonds. The van der Waals surface area contributed by atoms with E-state index in [1.54, 1.807) is 6.07 Å². The maximum absolute atomic E-state index is 12.1. The number of carbonyl (C=O) groups excluding carboxylic acids is 1. The van der Waals surface area contributed by atoms with Gasteiger partial charge in [0.1, 0.15) is 0 Å². The lowest BCUT2D eigenvalue weighted by molar-refractivity contribution is -0.148. The fourth-order valence-corrected chi connectivity index (χ4v) is 2.81. The Hall–Kier alpha value is -2.37. The first-order valence-electron chi connectivity index (χ1n) is 7.59. The molecule has 0 saturated carbocycles. The molecular weight excluding hydrogens is 282 g/mol. The van der Waals surface area contributed by atoms with E-state index in [1.807, 2.05) is 30.0 Å². The molecule has 1 aromatic heterocycles. The van der Waals surface area contributed by atoms with Crippen molar-refractivity contribution in [1.82, 2.24) is 9.97 Å². The number of benzene rings is 1. The van der Waals surface area contributed by atoms with Gasteiger partial charge < -0.3 is 9.64 Å². The van der Waals surface area contributed by atoms with Crippen molar-refractivity contribution in [2.24, 2.45) is 5.92 Å². The van der Waals surface area contributed by atoms with E-state index in [4.69, 9.17) is 4.74 Å². The van der Waals surface area contributed by atoms with Gasteiger partial charge in [0.2, 0.25) is 5.95 Å². The molecule has 1 aliphatic heterocycles. The fourth-order valence-electron chi connectivity index (χ4n) is 2.81. The second kappa shape index (κ2) is 6.17. The van der Waals surface area contributed by atoms with E-state index in [2.05, 4.69) is 9.97 Å². The van der Waals surface area contributed by atoms with Crippen molar-refractivity contribution < 1.29 is 9.53 Å². The normalized spacial score (nSPS) is 16.0. The lowest BCUT2D eigenvalue weighted by atomic mass is 9.97. The molecule has 3 rings (SSSR count). The average Bonchev–Trinajstić information content (AvgIpc) is 2.55. The number of ether oxygens (including phenoxy) is 1. The second-order valence-electron chi connectivity index (χ2n) is 5.42. The van der Waals surface area contributed by atoms with Crippen LogP contribution in [0.3, 0.4) is 0 Å². The van der Waals surface area contributed by atoms with E-state index in [0.29, 0.717) is 36.5 Å². The van der Waals surface area contributed by atoms with Gasteiger partial charge in [0, 0.05) is 13.1 Å². The Morgan fingerprint density at radius 1 is 1.36 bits per heavy atom. The molecular formula is C16H19N3O3. The summed E-state index contributed by atoms with van der Waals surface area (Å²) in [6, 6.07) is 7.28. The van der Waals surface area contributed by atoms with Gasteiger partial charge in [-0.05, 0) is 31.9 Å². The molecule has 116 valence electrons. The van der Waals surface area contributed by atoms with Gasteiger partial charge in [-0.1, -0.05) is 12.1 Å². The molecule has 0 radical (unpaired) electrons. The molecule has 6 heteroatoms. The number of fused-ring (bicyclic) bond motifs is 1. The maximum atomic E-state index is 12.1. The van der Waals surface area contributed by atoms with Crippen LogP contribution in [0.5, 0.6) is 0 Å². The molecule has 0 spiro atoms. The molecule has 0 bridgehead atoms. The summed E-state index contributed by atoms with van der Waals surface area (Å²) < 4.78 is 5.07. The van der Waals surface area contributed by atoms with Gasteiger partial charge in [0.05, 0.1) is 23.4 Å². The van der Waals surface area contributed by atoms with E-state index in [0.717, 1.165) is 12.8 Å². The zero-order valence-electron chi connectivity index (χ0n) is 12.5. The molecule has 0 atom stereocenters. The number of aromatic amines is 1. The van der Waals surface area contributed by atoms with E-state index in [1.165, 1.54) is 0 Å². The summed E-state index contributed by atoms with van der Waals surface area (Å²) in [5, 5.41) is 0.590. The quantitative estimate of drug-likeness (QED) is 0.873. The van der Waals surface area contributed by atoms with Crippen LogP contribution in [-0.4, -0.2) is 35.6 Å². The highest BCUT2D eigenvalue weighted by molar-refractivity contribution is 5.78. The number of para-hydroxylation sites is 1. The van der Waals surface area contributed by atoms with Crippen LogP contribution in [0.2, 0.25) is 0 Å². The summed E-state index contributed by atoms with van der Waals surface area (Å²) in [5.41, 5.74) is 0.557. The maximum Gasteiger partial charge on any atom is 0.309 e. The highest BCUT2D eigenvalue weighted by Crippen LogP contribution is 2.22. The predicted octanol–water partition coefficient (Wildman–Crippen LogP) is 1.70. The third-order valence-corrected chi connectivity index (χ3v) is 4.01. The highest BCUT2D eigenvalue weighted by atomic mass is 16.5. The molecule has 0 unspecified atom stereocenters. The Labute approximate surface area is 128 Å². The van der Waals surface area contributed by atoms with Crippen molar-refractivity contribution >= 4 is 22.8 Å². The lowest BCUT2D eigenvalue weighted by Gasteiger charge is -2.31. The molecule has 2 heterocycles. The molecule has 1 aliphatic rings. The highest BCUT2D eigenvalue weighted by Gasteiger charge is 2.27. The van der Waals surface area contributed by atoms with Crippen LogP contribution in [0, 0.1) is 5.92 Å².